The monoisotopic (exact) mass is 300 g/mol. The average molecular weight is 300 g/mol. The van der Waals surface area contributed by atoms with Crippen molar-refractivity contribution in [3.63, 3.8) is 0 Å². The predicted octanol–water partition coefficient (Wildman–Crippen LogP) is 2.98. The number of aromatic nitrogens is 2. The van der Waals surface area contributed by atoms with Gasteiger partial charge in [0.15, 0.2) is 0 Å². The van der Waals surface area contributed by atoms with Crippen LogP contribution in [0.1, 0.15) is 23.9 Å². The van der Waals surface area contributed by atoms with Crippen LogP contribution in [0.5, 0.6) is 5.75 Å². The van der Waals surface area contributed by atoms with Gasteiger partial charge in [0.1, 0.15) is 11.6 Å². The average Bonchev–Trinajstić information content (AvgIpc) is 2.80. The molecule has 0 aliphatic heterocycles. The summed E-state index contributed by atoms with van der Waals surface area (Å²) in [6.45, 7) is 0. The minimum Gasteiger partial charge on any atom is -0.405 e. The van der Waals surface area contributed by atoms with Gasteiger partial charge in [-0.3, -0.25) is 0 Å². The molecule has 0 spiro atoms. The van der Waals surface area contributed by atoms with Crippen LogP contribution in [0.4, 0.5) is 13.2 Å². The van der Waals surface area contributed by atoms with Crippen LogP contribution in [-0.2, 0) is 13.5 Å². The van der Waals surface area contributed by atoms with Crippen molar-refractivity contribution in [3.8, 4) is 5.75 Å². The second-order valence-electron chi connectivity index (χ2n) is 4.59. The molecule has 0 aliphatic carbocycles. The smallest absolute Gasteiger partial charge is 0.405 e. The Morgan fingerprint density at radius 1 is 1.33 bits per heavy atom. The highest BCUT2D eigenvalue weighted by Gasteiger charge is 2.32. The summed E-state index contributed by atoms with van der Waals surface area (Å²) in [5.74, 6) is 0.376. The van der Waals surface area contributed by atoms with E-state index in [0.717, 1.165) is 5.82 Å². The first kappa shape index (κ1) is 15.4. The van der Waals surface area contributed by atoms with Crippen molar-refractivity contribution >= 4 is 0 Å². The van der Waals surface area contributed by atoms with Crippen LogP contribution in [0.25, 0.3) is 0 Å². The molecule has 1 aromatic heterocycles. The number of nitrogens with zero attached hydrogens (tertiary/aromatic N) is 2. The summed E-state index contributed by atoms with van der Waals surface area (Å²) in [4.78, 5) is 4.10. The van der Waals surface area contributed by atoms with Crippen LogP contribution in [0, 0.1) is 0 Å². The molecule has 0 amide bonds. The molecule has 2 aromatic rings. The number of para-hydroxylation sites is 1. The number of hydrogen-bond donors (Lipinski definition) is 1. The van der Waals surface area contributed by atoms with Gasteiger partial charge < -0.3 is 14.4 Å². The number of imidazole rings is 1. The van der Waals surface area contributed by atoms with Gasteiger partial charge in [-0.2, -0.15) is 0 Å². The number of aliphatic hydroxyl groups is 1. The van der Waals surface area contributed by atoms with Gasteiger partial charge in [0.05, 0.1) is 6.10 Å². The maximum Gasteiger partial charge on any atom is 0.573 e. The van der Waals surface area contributed by atoms with Crippen molar-refractivity contribution < 1.29 is 23.0 Å². The highest BCUT2D eigenvalue weighted by molar-refractivity contribution is 5.35. The lowest BCUT2D eigenvalue weighted by Gasteiger charge is -2.17. The molecule has 21 heavy (non-hydrogen) atoms. The summed E-state index contributed by atoms with van der Waals surface area (Å²) in [6, 6.07) is 5.59. The first-order valence-electron chi connectivity index (χ1n) is 6.36. The Morgan fingerprint density at radius 2 is 2.05 bits per heavy atom. The lowest BCUT2D eigenvalue weighted by molar-refractivity contribution is -0.275. The van der Waals surface area contributed by atoms with Gasteiger partial charge in [0, 0.05) is 31.4 Å². The molecule has 1 atom stereocenters. The summed E-state index contributed by atoms with van der Waals surface area (Å²) in [5.41, 5.74) is 0.115. The molecule has 0 fully saturated rings. The highest BCUT2D eigenvalue weighted by Crippen LogP contribution is 2.31. The quantitative estimate of drug-likeness (QED) is 0.923. The van der Waals surface area contributed by atoms with Crippen molar-refractivity contribution in [1.82, 2.24) is 9.55 Å². The Kier molecular flexibility index (Phi) is 4.52. The molecule has 1 unspecified atom stereocenters. The summed E-state index contributed by atoms with van der Waals surface area (Å²) < 4.78 is 42.7. The standard InChI is InChI=1S/C14H15F3N2O2/c1-19-9-8-18-13(19)7-6-11(20)10-4-2-3-5-12(10)21-14(15,16)17/h2-5,8-9,11,20H,6-7H2,1H3. The maximum atomic E-state index is 12.3. The zero-order valence-electron chi connectivity index (χ0n) is 11.3. The van der Waals surface area contributed by atoms with Crippen molar-refractivity contribution in [2.45, 2.75) is 25.3 Å². The molecule has 0 saturated heterocycles. The first-order chi connectivity index (χ1) is 9.87. The summed E-state index contributed by atoms with van der Waals surface area (Å²) in [5, 5.41) is 10.1. The normalized spacial score (nSPS) is 13.2. The van der Waals surface area contributed by atoms with Crippen molar-refractivity contribution in [1.29, 1.82) is 0 Å². The molecule has 1 heterocycles. The van der Waals surface area contributed by atoms with Crippen LogP contribution in [0.15, 0.2) is 36.7 Å². The first-order valence-corrected chi connectivity index (χ1v) is 6.36. The second kappa shape index (κ2) is 6.17. The van der Waals surface area contributed by atoms with E-state index in [0.29, 0.717) is 6.42 Å². The number of alkyl halides is 3. The van der Waals surface area contributed by atoms with E-state index in [1.54, 1.807) is 23.0 Å². The molecule has 0 bridgehead atoms. The molecule has 0 saturated carbocycles. The van der Waals surface area contributed by atoms with Gasteiger partial charge >= 0.3 is 6.36 Å². The minimum atomic E-state index is -4.78. The Bertz CT molecular complexity index is 596. The van der Waals surface area contributed by atoms with E-state index in [2.05, 4.69) is 9.72 Å². The topological polar surface area (TPSA) is 47.3 Å². The Balaban J connectivity index is 2.08. The lowest BCUT2D eigenvalue weighted by atomic mass is 10.0. The van der Waals surface area contributed by atoms with Crippen LogP contribution in [0.2, 0.25) is 0 Å². The zero-order chi connectivity index (χ0) is 15.5. The molecule has 1 N–H and O–H groups in total. The SMILES string of the molecule is Cn1ccnc1CCC(O)c1ccccc1OC(F)(F)F. The van der Waals surface area contributed by atoms with E-state index in [-0.39, 0.29) is 17.7 Å². The molecule has 4 nitrogen and oxygen atoms in total. The minimum absolute atomic E-state index is 0.115. The van der Waals surface area contributed by atoms with Gasteiger partial charge in [0.25, 0.3) is 0 Å². The van der Waals surface area contributed by atoms with Crippen molar-refractivity contribution in [2.24, 2.45) is 7.05 Å². The molecule has 1 aromatic carbocycles. The summed E-state index contributed by atoms with van der Waals surface area (Å²) >= 11 is 0. The number of hydrogen-bond acceptors (Lipinski definition) is 3. The van der Waals surface area contributed by atoms with Crippen LogP contribution >= 0.6 is 0 Å². The molecular weight excluding hydrogens is 285 g/mol. The maximum absolute atomic E-state index is 12.3. The van der Waals surface area contributed by atoms with E-state index in [9.17, 15) is 18.3 Å². The summed E-state index contributed by atoms with van der Waals surface area (Å²) in [6.07, 6.45) is -1.74. The lowest BCUT2D eigenvalue weighted by Crippen LogP contribution is -2.18. The van der Waals surface area contributed by atoms with Crippen LogP contribution in [0.3, 0.4) is 0 Å². The van der Waals surface area contributed by atoms with Crippen LogP contribution in [-0.4, -0.2) is 21.0 Å². The predicted molar refractivity (Wildman–Crippen MR) is 69.6 cm³/mol. The Labute approximate surface area is 119 Å². The fraction of sp³-hybridized carbons (Fsp3) is 0.357. The number of benzene rings is 1. The van der Waals surface area contributed by atoms with Gasteiger partial charge in [-0.25, -0.2) is 4.98 Å². The fourth-order valence-corrected chi connectivity index (χ4v) is 2.03. The van der Waals surface area contributed by atoms with Gasteiger partial charge in [-0.05, 0) is 12.5 Å². The van der Waals surface area contributed by atoms with E-state index < -0.39 is 12.5 Å². The van der Waals surface area contributed by atoms with Crippen molar-refractivity contribution in [3.05, 3.63) is 48.0 Å². The molecule has 0 radical (unpaired) electrons. The zero-order valence-corrected chi connectivity index (χ0v) is 11.3. The third kappa shape index (κ3) is 4.22. The number of aliphatic hydroxyl groups excluding tert-OH is 1. The molecular formula is C14H15F3N2O2. The van der Waals surface area contributed by atoms with Gasteiger partial charge in [0.2, 0.25) is 0 Å². The number of rotatable bonds is 5. The third-order valence-corrected chi connectivity index (χ3v) is 3.07. The van der Waals surface area contributed by atoms with Gasteiger partial charge in [-0.15, -0.1) is 13.2 Å². The third-order valence-electron chi connectivity index (χ3n) is 3.07. The van der Waals surface area contributed by atoms with E-state index in [1.165, 1.54) is 18.2 Å². The molecule has 7 heteroatoms. The van der Waals surface area contributed by atoms with E-state index >= 15 is 0 Å². The second-order valence-corrected chi connectivity index (χ2v) is 4.59. The molecule has 0 aliphatic rings. The van der Waals surface area contributed by atoms with E-state index in [4.69, 9.17) is 0 Å². The number of ether oxygens (including phenoxy) is 1. The van der Waals surface area contributed by atoms with Crippen LogP contribution < -0.4 is 4.74 Å². The Morgan fingerprint density at radius 3 is 2.67 bits per heavy atom. The molecule has 114 valence electrons. The summed E-state index contributed by atoms with van der Waals surface area (Å²) in [7, 11) is 1.81. The highest BCUT2D eigenvalue weighted by atomic mass is 19.4. The van der Waals surface area contributed by atoms with Gasteiger partial charge in [-0.1, -0.05) is 18.2 Å². The van der Waals surface area contributed by atoms with Crippen molar-refractivity contribution in [2.75, 3.05) is 0 Å². The molecule has 2 rings (SSSR count). The largest absolute Gasteiger partial charge is 0.573 e. The Hall–Kier alpha value is -2.02. The van der Waals surface area contributed by atoms with E-state index in [1.807, 2.05) is 7.05 Å². The number of aryl methyl sites for hydroxylation is 2. The number of halogens is 3. The fourth-order valence-electron chi connectivity index (χ4n) is 2.03.